The largest absolute Gasteiger partial charge is 0.351 e. The topological polar surface area (TPSA) is 66.9 Å². The Bertz CT molecular complexity index is 685. The molecule has 1 fully saturated rings. The lowest BCUT2D eigenvalue weighted by Gasteiger charge is -2.09. The summed E-state index contributed by atoms with van der Waals surface area (Å²) in [5.41, 5.74) is 1.85. The van der Waals surface area contributed by atoms with Crippen molar-refractivity contribution in [1.29, 1.82) is 0 Å². The van der Waals surface area contributed by atoms with Gasteiger partial charge in [0.25, 0.3) is 5.91 Å². The number of anilines is 2. The lowest BCUT2D eigenvalue weighted by Crippen LogP contribution is -2.16. The Morgan fingerprint density at radius 3 is 2.76 bits per heavy atom. The van der Waals surface area contributed by atoms with Crippen molar-refractivity contribution in [3.63, 3.8) is 0 Å². The molecule has 3 rings (SSSR count). The van der Waals surface area contributed by atoms with E-state index in [0.29, 0.717) is 17.7 Å². The van der Waals surface area contributed by atoms with Gasteiger partial charge in [0.15, 0.2) is 0 Å². The van der Waals surface area contributed by atoms with Crippen molar-refractivity contribution in [1.82, 2.24) is 9.97 Å². The number of carbonyl (C=O) groups excluding carboxylic acids is 1. The van der Waals surface area contributed by atoms with Crippen molar-refractivity contribution in [2.24, 2.45) is 0 Å². The van der Waals surface area contributed by atoms with Crippen molar-refractivity contribution in [2.45, 2.75) is 25.8 Å². The minimum atomic E-state index is -0.244. The monoisotopic (exact) mass is 346 g/mol. The third kappa shape index (κ3) is 3.58. The maximum atomic E-state index is 12.3. The molecule has 0 atom stereocenters. The van der Waals surface area contributed by atoms with E-state index >= 15 is 0 Å². The average Bonchev–Trinajstić information content (AvgIpc) is 3.24. The number of nitrogens with one attached hydrogen (secondary N) is 2. The number of para-hydroxylation sites is 1. The number of nitrogens with zero attached hydrogens (tertiary/aromatic N) is 2. The van der Waals surface area contributed by atoms with Crippen LogP contribution in [0.25, 0.3) is 0 Å². The molecule has 0 unspecified atom stereocenters. The van der Waals surface area contributed by atoms with E-state index in [1.165, 1.54) is 0 Å². The Morgan fingerprint density at radius 2 is 2.05 bits per heavy atom. The summed E-state index contributed by atoms with van der Waals surface area (Å²) in [5, 5.41) is 6.06. The summed E-state index contributed by atoms with van der Waals surface area (Å²) >= 11 is 3.41. The van der Waals surface area contributed by atoms with Crippen LogP contribution in [0.3, 0.4) is 0 Å². The molecular weight excluding hydrogens is 332 g/mol. The molecule has 0 radical (unpaired) electrons. The Labute approximate surface area is 131 Å². The van der Waals surface area contributed by atoms with Gasteiger partial charge in [-0.1, -0.05) is 12.1 Å². The second kappa shape index (κ2) is 5.81. The number of benzene rings is 1. The van der Waals surface area contributed by atoms with E-state index in [0.717, 1.165) is 28.7 Å². The molecular formula is C15H15BrN4O. The minimum absolute atomic E-state index is 0.244. The maximum Gasteiger partial charge on any atom is 0.274 e. The second-order valence-corrected chi connectivity index (χ2v) is 5.93. The minimum Gasteiger partial charge on any atom is -0.351 e. The number of amides is 1. The number of hydrogen-bond acceptors (Lipinski definition) is 4. The smallest absolute Gasteiger partial charge is 0.274 e. The molecule has 0 bridgehead atoms. The number of carbonyl (C=O) groups is 1. The maximum absolute atomic E-state index is 12.3. The van der Waals surface area contributed by atoms with Gasteiger partial charge in [-0.3, -0.25) is 4.79 Å². The highest BCUT2D eigenvalue weighted by atomic mass is 79.9. The number of halogens is 1. The van der Waals surface area contributed by atoms with Crippen molar-refractivity contribution in [3.05, 3.63) is 46.2 Å². The highest BCUT2D eigenvalue weighted by Crippen LogP contribution is 2.24. The van der Waals surface area contributed by atoms with Gasteiger partial charge in [0.05, 0.1) is 5.69 Å². The Kier molecular flexibility index (Phi) is 3.88. The van der Waals surface area contributed by atoms with Crippen LogP contribution in [0.2, 0.25) is 0 Å². The Morgan fingerprint density at radius 1 is 1.29 bits per heavy atom. The quantitative estimate of drug-likeness (QED) is 0.890. The number of rotatable bonds is 4. The van der Waals surface area contributed by atoms with E-state index in [4.69, 9.17) is 0 Å². The Balaban J connectivity index is 1.80. The summed E-state index contributed by atoms with van der Waals surface area (Å²) in [6.45, 7) is 1.86. The third-order valence-electron chi connectivity index (χ3n) is 3.12. The predicted octanol–water partition coefficient (Wildman–Crippen LogP) is 3.37. The molecule has 1 aromatic heterocycles. The highest BCUT2D eigenvalue weighted by molar-refractivity contribution is 9.10. The lowest BCUT2D eigenvalue weighted by molar-refractivity contribution is 0.102. The molecule has 1 amide bonds. The summed E-state index contributed by atoms with van der Waals surface area (Å²) in [6, 6.07) is 9.61. The zero-order valence-electron chi connectivity index (χ0n) is 11.6. The summed E-state index contributed by atoms with van der Waals surface area (Å²) in [5.74, 6) is 0.279. The first-order valence-corrected chi connectivity index (χ1v) is 7.59. The van der Waals surface area contributed by atoms with E-state index < -0.39 is 0 Å². The van der Waals surface area contributed by atoms with E-state index in [2.05, 4.69) is 36.5 Å². The van der Waals surface area contributed by atoms with Crippen LogP contribution in [0.15, 0.2) is 34.8 Å². The van der Waals surface area contributed by atoms with Gasteiger partial charge < -0.3 is 10.6 Å². The summed E-state index contributed by atoms with van der Waals surface area (Å²) in [6.07, 6.45) is 2.27. The fraction of sp³-hybridized carbons (Fsp3) is 0.267. The van der Waals surface area contributed by atoms with Crippen LogP contribution in [-0.4, -0.2) is 21.9 Å². The van der Waals surface area contributed by atoms with Crippen LogP contribution >= 0.6 is 15.9 Å². The average molecular weight is 347 g/mol. The van der Waals surface area contributed by atoms with Crippen LogP contribution in [0.1, 0.15) is 29.0 Å². The van der Waals surface area contributed by atoms with Gasteiger partial charge in [-0.25, -0.2) is 9.97 Å². The van der Waals surface area contributed by atoms with Gasteiger partial charge >= 0.3 is 0 Å². The molecule has 0 spiro atoms. The third-order valence-corrected chi connectivity index (χ3v) is 3.81. The molecule has 0 aliphatic heterocycles. The van der Waals surface area contributed by atoms with Crippen LogP contribution in [0.4, 0.5) is 11.6 Å². The van der Waals surface area contributed by atoms with Gasteiger partial charge in [0, 0.05) is 16.2 Å². The van der Waals surface area contributed by atoms with E-state index in [1.807, 2.05) is 31.2 Å². The predicted molar refractivity (Wildman–Crippen MR) is 85.5 cm³/mol. The standard InChI is InChI=1S/C15H15BrN4O/c1-9-8-13(20-15(17-9)18-10-6-7-10)14(21)19-12-5-3-2-4-11(12)16/h2-5,8,10H,6-7H2,1H3,(H,19,21)(H,17,18,20). The van der Waals surface area contributed by atoms with Gasteiger partial charge in [-0.15, -0.1) is 0 Å². The van der Waals surface area contributed by atoms with Crippen LogP contribution in [0.5, 0.6) is 0 Å². The fourth-order valence-electron chi connectivity index (χ4n) is 1.91. The zero-order valence-corrected chi connectivity index (χ0v) is 13.1. The number of aryl methyl sites for hydroxylation is 1. The SMILES string of the molecule is Cc1cc(C(=O)Nc2ccccc2Br)nc(NC2CC2)n1. The molecule has 1 aliphatic carbocycles. The molecule has 21 heavy (non-hydrogen) atoms. The van der Waals surface area contributed by atoms with Crippen molar-refractivity contribution in [3.8, 4) is 0 Å². The zero-order chi connectivity index (χ0) is 14.8. The van der Waals surface area contributed by atoms with E-state index in [-0.39, 0.29) is 5.91 Å². The molecule has 5 nitrogen and oxygen atoms in total. The fourth-order valence-corrected chi connectivity index (χ4v) is 2.29. The Hall–Kier alpha value is -1.95. The first-order valence-electron chi connectivity index (χ1n) is 6.80. The number of hydrogen-bond donors (Lipinski definition) is 2. The van der Waals surface area contributed by atoms with Gasteiger partial charge in [0.2, 0.25) is 5.95 Å². The summed E-state index contributed by atoms with van der Waals surface area (Å²) in [4.78, 5) is 20.9. The summed E-state index contributed by atoms with van der Waals surface area (Å²) < 4.78 is 0.834. The molecule has 1 aromatic carbocycles. The highest BCUT2D eigenvalue weighted by Gasteiger charge is 2.22. The van der Waals surface area contributed by atoms with Crippen molar-refractivity contribution >= 4 is 33.5 Å². The van der Waals surface area contributed by atoms with E-state index in [1.54, 1.807) is 6.07 Å². The van der Waals surface area contributed by atoms with Gasteiger partial charge in [0.1, 0.15) is 5.69 Å². The van der Waals surface area contributed by atoms with Gasteiger partial charge in [-0.05, 0) is 53.9 Å². The van der Waals surface area contributed by atoms with Gasteiger partial charge in [-0.2, -0.15) is 0 Å². The molecule has 108 valence electrons. The van der Waals surface area contributed by atoms with E-state index in [9.17, 15) is 4.79 Å². The normalized spacial score (nSPS) is 13.8. The van der Waals surface area contributed by atoms with Crippen LogP contribution in [0, 0.1) is 6.92 Å². The first-order chi connectivity index (χ1) is 10.1. The van der Waals surface area contributed by atoms with Crippen LogP contribution < -0.4 is 10.6 Å². The molecule has 1 saturated carbocycles. The molecule has 6 heteroatoms. The van der Waals surface area contributed by atoms with Crippen LogP contribution in [-0.2, 0) is 0 Å². The first kappa shape index (κ1) is 14.0. The van der Waals surface area contributed by atoms with Crippen molar-refractivity contribution < 1.29 is 4.79 Å². The molecule has 2 N–H and O–H groups in total. The molecule has 0 saturated heterocycles. The summed E-state index contributed by atoms with van der Waals surface area (Å²) in [7, 11) is 0. The van der Waals surface area contributed by atoms with Crippen molar-refractivity contribution in [2.75, 3.05) is 10.6 Å². The molecule has 2 aromatic rings. The second-order valence-electron chi connectivity index (χ2n) is 5.07. The number of aromatic nitrogens is 2. The lowest BCUT2D eigenvalue weighted by atomic mass is 10.3. The molecule has 1 heterocycles. The molecule has 1 aliphatic rings.